The van der Waals surface area contributed by atoms with E-state index in [2.05, 4.69) is 15.9 Å². The molecule has 5 nitrogen and oxygen atoms in total. The minimum absolute atomic E-state index is 0.000727. The van der Waals surface area contributed by atoms with Gasteiger partial charge < -0.3 is 20.3 Å². The van der Waals surface area contributed by atoms with Gasteiger partial charge in [-0.3, -0.25) is 0 Å². The van der Waals surface area contributed by atoms with E-state index < -0.39 is 24.4 Å². The molecule has 0 aliphatic rings. The molecule has 0 aliphatic carbocycles. The van der Waals surface area contributed by atoms with Gasteiger partial charge in [0.25, 0.3) is 0 Å². The quantitative estimate of drug-likeness (QED) is 0.833. The standard InChI is InChI=1S/C11H13BrFNO4/c1-17-10-3-8(13)7(12)2-6(10)9(14)4-18-5-11(15)16/h2-3,9H,4-5,14H2,1H3,(H,15,16). The lowest BCUT2D eigenvalue weighted by molar-refractivity contribution is -0.142. The SMILES string of the molecule is COc1cc(F)c(Br)cc1C(N)COCC(=O)O. The van der Waals surface area contributed by atoms with Crippen molar-refractivity contribution in [3.8, 4) is 5.75 Å². The highest BCUT2D eigenvalue weighted by molar-refractivity contribution is 9.10. The molecule has 7 heteroatoms. The molecule has 1 rings (SSSR count). The van der Waals surface area contributed by atoms with Crippen LogP contribution in [-0.2, 0) is 9.53 Å². The summed E-state index contributed by atoms with van der Waals surface area (Å²) in [6, 6.07) is 2.09. The van der Waals surface area contributed by atoms with Gasteiger partial charge in [-0.1, -0.05) is 0 Å². The van der Waals surface area contributed by atoms with Gasteiger partial charge >= 0.3 is 5.97 Å². The summed E-state index contributed by atoms with van der Waals surface area (Å²) in [6.45, 7) is -0.431. The fraction of sp³-hybridized carbons (Fsp3) is 0.364. The summed E-state index contributed by atoms with van der Waals surface area (Å²) >= 11 is 3.05. The van der Waals surface area contributed by atoms with Crippen molar-refractivity contribution >= 4 is 21.9 Å². The number of benzene rings is 1. The van der Waals surface area contributed by atoms with E-state index in [1.54, 1.807) is 0 Å². The molecule has 0 heterocycles. The minimum Gasteiger partial charge on any atom is -0.496 e. The summed E-state index contributed by atoms with van der Waals surface area (Å²) in [4.78, 5) is 10.3. The van der Waals surface area contributed by atoms with Gasteiger partial charge in [-0.2, -0.15) is 0 Å². The number of aliphatic carboxylic acids is 1. The Bertz CT molecular complexity index is 441. The van der Waals surface area contributed by atoms with Gasteiger partial charge in [0.15, 0.2) is 0 Å². The Kier molecular flexibility index (Phi) is 5.52. The summed E-state index contributed by atoms with van der Waals surface area (Å²) < 4.78 is 23.5. The van der Waals surface area contributed by atoms with Gasteiger partial charge in [0.05, 0.1) is 24.2 Å². The van der Waals surface area contributed by atoms with Crippen LogP contribution in [0.25, 0.3) is 0 Å². The number of methoxy groups -OCH3 is 1. The first kappa shape index (κ1) is 14.9. The number of rotatable bonds is 6. The zero-order valence-electron chi connectivity index (χ0n) is 9.65. The molecule has 1 aromatic carbocycles. The van der Waals surface area contributed by atoms with E-state index in [4.69, 9.17) is 20.3 Å². The third kappa shape index (κ3) is 3.94. The molecule has 0 aliphatic heterocycles. The number of hydrogen-bond donors (Lipinski definition) is 2. The Morgan fingerprint density at radius 3 is 2.83 bits per heavy atom. The first-order chi connectivity index (χ1) is 8.45. The molecule has 0 saturated carbocycles. The van der Waals surface area contributed by atoms with Crippen molar-refractivity contribution in [2.24, 2.45) is 5.73 Å². The highest BCUT2D eigenvalue weighted by atomic mass is 79.9. The summed E-state index contributed by atoms with van der Waals surface area (Å²) in [5.74, 6) is -1.24. The lowest BCUT2D eigenvalue weighted by Crippen LogP contribution is -2.20. The van der Waals surface area contributed by atoms with Crippen molar-refractivity contribution in [1.29, 1.82) is 0 Å². The maximum absolute atomic E-state index is 13.3. The Labute approximate surface area is 112 Å². The topological polar surface area (TPSA) is 81.8 Å². The maximum Gasteiger partial charge on any atom is 0.329 e. The van der Waals surface area contributed by atoms with E-state index >= 15 is 0 Å². The molecule has 1 aromatic rings. The van der Waals surface area contributed by atoms with Gasteiger partial charge in [0.2, 0.25) is 0 Å². The van der Waals surface area contributed by atoms with Crippen molar-refractivity contribution in [3.05, 3.63) is 28.0 Å². The Hall–Kier alpha value is -1.18. The Balaban J connectivity index is 2.80. The average Bonchev–Trinajstić information content (AvgIpc) is 2.31. The van der Waals surface area contributed by atoms with E-state index in [9.17, 15) is 9.18 Å². The van der Waals surface area contributed by atoms with Crippen molar-refractivity contribution in [2.45, 2.75) is 6.04 Å². The molecule has 1 unspecified atom stereocenters. The fourth-order valence-corrected chi connectivity index (χ4v) is 1.73. The molecule has 0 saturated heterocycles. The van der Waals surface area contributed by atoms with Crippen LogP contribution in [0.15, 0.2) is 16.6 Å². The normalized spacial score (nSPS) is 12.2. The second kappa shape index (κ2) is 6.67. The van der Waals surface area contributed by atoms with E-state index in [0.717, 1.165) is 0 Å². The molecule has 18 heavy (non-hydrogen) atoms. The molecule has 0 bridgehead atoms. The van der Waals surface area contributed by atoms with Crippen LogP contribution in [0.2, 0.25) is 0 Å². The van der Waals surface area contributed by atoms with E-state index in [-0.39, 0.29) is 11.1 Å². The van der Waals surface area contributed by atoms with Crippen molar-refractivity contribution < 1.29 is 23.8 Å². The van der Waals surface area contributed by atoms with Gasteiger partial charge in [0, 0.05) is 11.6 Å². The highest BCUT2D eigenvalue weighted by Crippen LogP contribution is 2.30. The first-order valence-electron chi connectivity index (χ1n) is 5.03. The molecule has 0 aromatic heterocycles. The van der Waals surface area contributed by atoms with Crippen molar-refractivity contribution in [2.75, 3.05) is 20.3 Å². The molecular weight excluding hydrogens is 309 g/mol. The first-order valence-corrected chi connectivity index (χ1v) is 5.83. The summed E-state index contributed by atoms with van der Waals surface area (Å²) in [5.41, 5.74) is 6.37. The minimum atomic E-state index is -1.07. The molecular formula is C11H13BrFNO4. The lowest BCUT2D eigenvalue weighted by atomic mass is 10.1. The highest BCUT2D eigenvalue weighted by Gasteiger charge is 2.16. The van der Waals surface area contributed by atoms with Crippen molar-refractivity contribution in [3.63, 3.8) is 0 Å². The third-order valence-corrected chi connectivity index (χ3v) is 2.80. The summed E-state index contributed by atoms with van der Waals surface area (Å²) in [6.07, 6.45) is 0. The molecule has 3 N–H and O–H groups in total. The smallest absolute Gasteiger partial charge is 0.329 e. The van der Waals surface area contributed by atoms with Gasteiger partial charge in [-0.25, -0.2) is 9.18 Å². The zero-order chi connectivity index (χ0) is 13.7. The lowest BCUT2D eigenvalue weighted by Gasteiger charge is -2.16. The Morgan fingerprint density at radius 1 is 1.61 bits per heavy atom. The van der Waals surface area contributed by atoms with Crippen molar-refractivity contribution in [1.82, 2.24) is 0 Å². The molecule has 1 atom stereocenters. The molecule has 0 fully saturated rings. The largest absolute Gasteiger partial charge is 0.496 e. The zero-order valence-corrected chi connectivity index (χ0v) is 11.2. The van der Waals surface area contributed by atoms with Crippen LogP contribution in [0.1, 0.15) is 11.6 Å². The number of nitrogens with two attached hydrogens (primary N) is 1. The summed E-state index contributed by atoms with van der Waals surface area (Å²) in [5, 5.41) is 8.43. The van der Waals surface area contributed by atoms with Crippen LogP contribution in [0.5, 0.6) is 5.75 Å². The predicted octanol–water partition coefficient (Wildman–Crippen LogP) is 1.70. The molecule has 100 valence electrons. The van der Waals surface area contributed by atoms with E-state index in [1.807, 2.05) is 0 Å². The number of carbonyl (C=O) groups is 1. The summed E-state index contributed by atoms with van der Waals surface area (Å²) in [7, 11) is 1.40. The van der Waals surface area contributed by atoms with Gasteiger partial charge in [-0.05, 0) is 22.0 Å². The number of hydrogen-bond acceptors (Lipinski definition) is 4. The second-order valence-corrected chi connectivity index (χ2v) is 4.38. The second-order valence-electron chi connectivity index (χ2n) is 3.52. The molecule has 0 spiro atoms. The maximum atomic E-state index is 13.3. The van der Waals surface area contributed by atoms with Crippen LogP contribution in [0.3, 0.4) is 0 Å². The average molecular weight is 322 g/mol. The van der Waals surface area contributed by atoms with E-state index in [0.29, 0.717) is 11.3 Å². The molecule has 0 radical (unpaired) electrons. The van der Waals surface area contributed by atoms with Gasteiger partial charge in [0.1, 0.15) is 18.2 Å². The fourth-order valence-electron chi connectivity index (χ4n) is 1.37. The Morgan fingerprint density at radius 2 is 2.28 bits per heavy atom. The number of carboxylic acids is 1. The monoisotopic (exact) mass is 321 g/mol. The predicted molar refractivity (Wildman–Crippen MR) is 66.0 cm³/mol. The number of ether oxygens (including phenoxy) is 2. The van der Waals surface area contributed by atoms with Crippen LogP contribution in [0, 0.1) is 5.82 Å². The van der Waals surface area contributed by atoms with E-state index in [1.165, 1.54) is 19.2 Å². The van der Waals surface area contributed by atoms with Crippen LogP contribution >= 0.6 is 15.9 Å². The van der Waals surface area contributed by atoms with Crippen LogP contribution in [0.4, 0.5) is 4.39 Å². The van der Waals surface area contributed by atoms with Crippen LogP contribution < -0.4 is 10.5 Å². The number of carboxylic acid groups (broad SMARTS) is 1. The molecule has 0 amide bonds. The van der Waals surface area contributed by atoms with Gasteiger partial charge in [-0.15, -0.1) is 0 Å². The third-order valence-electron chi connectivity index (χ3n) is 2.20. The number of halogens is 2. The van der Waals surface area contributed by atoms with Crippen LogP contribution in [-0.4, -0.2) is 31.4 Å².